The third-order valence-corrected chi connectivity index (χ3v) is 4.78. The quantitative estimate of drug-likeness (QED) is 0.843. The second-order valence-electron chi connectivity index (χ2n) is 5.29. The first-order chi connectivity index (χ1) is 11.7. The monoisotopic (exact) mass is 339 g/mol. The van der Waals surface area contributed by atoms with Crippen LogP contribution in [-0.2, 0) is 14.3 Å². The Balaban J connectivity index is 1.49. The largest absolute Gasteiger partial charge is 0.461 e. The Hall–Kier alpha value is -2.53. The lowest BCUT2D eigenvalue weighted by Gasteiger charge is -2.23. The van der Waals surface area contributed by atoms with Gasteiger partial charge in [0, 0.05) is 4.90 Å². The number of carbonyl (C=O) groups is 2. The lowest BCUT2D eigenvalue weighted by molar-refractivity contribution is -0.143. The van der Waals surface area contributed by atoms with E-state index in [1.165, 1.54) is 11.8 Å². The first kappa shape index (κ1) is 16.3. The van der Waals surface area contributed by atoms with Gasteiger partial charge in [0.2, 0.25) is 5.91 Å². The molecule has 4 nitrogen and oxygen atoms in total. The maximum atomic E-state index is 12.1. The van der Waals surface area contributed by atoms with E-state index < -0.39 is 5.25 Å². The molecule has 0 saturated carbocycles. The summed E-state index contributed by atoms with van der Waals surface area (Å²) >= 11 is 1.40. The number of carbonyl (C=O) groups excluding carboxylic acids is 2. The third kappa shape index (κ3) is 4.26. The molecule has 0 aliphatic carbocycles. The van der Waals surface area contributed by atoms with E-state index in [4.69, 9.17) is 4.74 Å². The summed E-state index contributed by atoms with van der Waals surface area (Å²) < 4.78 is 5.18. The number of esters is 1. The molecular weight excluding hydrogens is 322 g/mol. The summed E-state index contributed by atoms with van der Waals surface area (Å²) in [6.07, 6.45) is 3.74. The van der Waals surface area contributed by atoms with Gasteiger partial charge in [0.15, 0.2) is 0 Å². The van der Waals surface area contributed by atoms with Gasteiger partial charge in [-0.2, -0.15) is 0 Å². The molecule has 2 aromatic carbocycles. The normalized spacial score (nSPS) is 16.5. The van der Waals surface area contributed by atoms with Gasteiger partial charge in [-0.3, -0.25) is 9.59 Å². The summed E-state index contributed by atoms with van der Waals surface area (Å²) in [6.45, 7) is 0.198. The van der Waals surface area contributed by atoms with Crippen molar-refractivity contribution in [2.24, 2.45) is 0 Å². The number of anilines is 1. The van der Waals surface area contributed by atoms with Gasteiger partial charge in [0.25, 0.3) is 0 Å². The summed E-state index contributed by atoms with van der Waals surface area (Å²) in [4.78, 5) is 25.0. The molecule has 1 heterocycles. The molecule has 1 aliphatic heterocycles. The molecule has 3 rings (SSSR count). The van der Waals surface area contributed by atoms with Crippen molar-refractivity contribution in [1.82, 2.24) is 0 Å². The van der Waals surface area contributed by atoms with Crippen molar-refractivity contribution in [3.05, 3.63) is 66.2 Å². The molecule has 0 unspecified atom stereocenters. The molecule has 24 heavy (non-hydrogen) atoms. The standard InChI is InChI=1S/C19H17NO3S/c21-18(23-12-6-9-14-7-2-1-3-8-14)13-17-19(22)20-15-10-4-5-11-16(15)24-17/h1-11,17H,12-13H2,(H,20,22)/b9-6+/t17-/m0/s1. The van der Waals surface area contributed by atoms with Gasteiger partial charge in [0.1, 0.15) is 6.61 Å². The Morgan fingerprint density at radius 2 is 1.88 bits per heavy atom. The zero-order valence-electron chi connectivity index (χ0n) is 13.0. The maximum Gasteiger partial charge on any atom is 0.307 e. The summed E-state index contributed by atoms with van der Waals surface area (Å²) in [6, 6.07) is 17.3. The van der Waals surface area contributed by atoms with E-state index in [0.29, 0.717) is 0 Å². The smallest absolute Gasteiger partial charge is 0.307 e. The molecule has 5 heteroatoms. The molecule has 0 spiro atoms. The molecule has 0 bridgehead atoms. The molecule has 0 radical (unpaired) electrons. The van der Waals surface area contributed by atoms with Crippen LogP contribution >= 0.6 is 11.8 Å². The Kier molecular flexibility index (Phi) is 5.33. The van der Waals surface area contributed by atoms with Crippen molar-refractivity contribution in [3.63, 3.8) is 0 Å². The number of benzene rings is 2. The number of hydrogen-bond acceptors (Lipinski definition) is 4. The van der Waals surface area contributed by atoms with Crippen molar-refractivity contribution in [1.29, 1.82) is 0 Å². The van der Waals surface area contributed by atoms with E-state index in [2.05, 4.69) is 5.32 Å². The lowest BCUT2D eigenvalue weighted by atomic mass is 10.2. The molecule has 1 N–H and O–H groups in total. The minimum Gasteiger partial charge on any atom is -0.461 e. The Bertz CT molecular complexity index is 758. The molecule has 2 aromatic rings. The van der Waals surface area contributed by atoms with Crippen LogP contribution in [0, 0.1) is 0 Å². The van der Waals surface area contributed by atoms with Crippen LogP contribution < -0.4 is 5.32 Å². The Morgan fingerprint density at radius 1 is 1.12 bits per heavy atom. The second-order valence-corrected chi connectivity index (χ2v) is 6.54. The van der Waals surface area contributed by atoms with E-state index in [-0.39, 0.29) is 24.9 Å². The topological polar surface area (TPSA) is 55.4 Å². The van der Waals surface area contributed by atoms with Crippen LogP contribution in [0.3, 0.4) is 0 Å². The number of amides is 1. The zero-order chi connectivity index (χ0) is 16.8. The van der Waals surface area contributed by atoms with Crippen LogP contribution in [0.5, 0.6) is 0 Å². The zero-order valence-corrected chi connectivity index (χ0v) is 13.8. The number of rotatable bonds is 5. The van der Waals surface area contributed by atoms with Crippen molar-refractivity contribution in [2.45, 2.75) is 16.6 Å². The highest BCUT2D eigenvalue weighted by atomic mass is 32.2. The van der Waals surface area contributed by atoms with Crippen molar-refractivity contribution < 1.29 is 14.3 Å². The van der Waals surface area contributed by atoms with Crippen LogP contribution in [0.1, 0.15) is 12.0 Å². The molecule has 122 valence electrons. The fraction of sp³-hybridized carbons (Fsp3) is 0.158. The number of fused-ring (bicyclic) bond motifs is 1. The fourth-order valence-electron chi connectivity index (χ4n) is 2.33. The van der Waals surface area contributed by atoms with E-state index >= 15 is 0 Å². The third-order valence-electron chi connectivity index (χ3n) is 3.51. The summed E-state index contributed by atoms with van der Waals surface area (Å²) in [5, 5.41) is 2.37. The highest BCUT2D eigenvalue weighted by molar-refractivity contribution is 8.01. The van der Waals surface area contributed by atoms with Crippen molar-refractivity contribution >= 4 is 35.4 Å². The van der Waals surface area contributed by atoms with E-state index in [0.717, 1.165) is 16.1 Å². The van der Waals surface area contributed by atoms with Gasteiger partial charge in [-0.15, -0.1) is 11.8 Å². The van der Waals surface area contributed by atoms with Crippen LogP contribution in [0.2, 0.25) is 0 Å². The van der Waals surface area contributed by atoms with E-state index in [1.807, 2.05) is 60.7 Å². The van der Waals surface area contributed by atoms with E-state index in [1.54, 1.807) is 6.08 Å². The van der Waals surface area contributed by atoms with Crippen LogP contribution in [0.15, 0.2) is 65.6 Å². The summed E-state index contributed by atoms with van der Waals surface area (Å²) in [7, 11) is 0. The fourth-order valence-corrected chi connectivity index (χ4v) is 3.42. The number of nitrogens with one attached hydrogen (secondary N) is 1. The summed E-state index contributed by atoms with van der Waals surface area (Å²) in [5.41, 5.74) is 1.84. The molecule has 1 aliphatic rings. The maximum absolute atomic E-state index is 12.1. The van der Waals surface area contributed by atoms with Gasteiger partial charge in [-0.25, -0.2) is 0 Å². The van der Waals surface area contributed by atoms with Gasteiger partial charge in [-0.05, 0) is 23.8 Å². The Labute approximate surface area is 144 Å². The predicted octanol–water partition coefficient (Wildman–Crippen LogP) is 3.75. The van der Waals surface area contributed by atoms with Crippen LogP contribution in [0.4, 0.5) is 5.69 Å². The van der Waals surface area contributed by atoms with Crippen LogP contribution in [-0.4, -0.2) is 23.7 Å². The SMILES string of the molecule is O=C(C[C@@H]1Sc2ccccc2NC1=O)OC/C=C/c1ccccc1. The lowest BCUT2D eigenvalue weighted by Crippen LogP contribution is -2.31. The Morgan fingerprint density at radius 3 is 2.71 bits per heavy atom. The second kappa shape index (κ2) is 7.84. The van der Waals surface area contributed by atoms with Crippen molar-refractivity contribution in [2.75, 3.05) is 11.9 Å². The van der Waals surface area contributed by atoms with Gasteiger partial charge in [-0.1, -0.05) is 48.5 Å². The average molecular weight is 339 g/mol. The molecule has 0 saturated heterocycles. The van der Waals surface area contributed by atoms with Gasteiger partial charge < -0.3 is 10.1 Å². The number of hydrogen-bond donors (Lipinski definition) is 1. The molecule has 1 atom stereocenters. The average Bonchev–Trinajstić information content (AvgIpc) is 2.60. The molecule has 0 fully saturated rings. The first-order valence-electron chi connectivity index (χ1n) is 7.66. The predicted molar refractivity (Wildman–Crippen MR) is 95.8 cm³/mol. The molecule has 0 aromatic heterocycles. The van der Waals surface area contributed by atoms with Gasteiger partial charge >= 0.3 is 5.97 Å². The van der Waals surface area contributed by atoms with E-state index in [9.17, 15) is 9.59 Å². The minimum absolute atomic E-state index is 0.0595. The minimum atomic E-state index is -0.453. The van der Waals surface area contributed by atoms with Gasteiger partial charge in [0.05, 0.1) is 17.4 Å². The first-order valence-corrected chi connectivity index (χ1v) is 8.54. The number of thioether (sulfide) groups is 1. The molecule has 1 amide bonds. The summed E-state index contributed by atoms with van der Waals surface area (Å²) in [5.74, 6) is -0.532. The highest BCUT2D eigenvalue weighted by Crippen LogP contribution is 2.36. The van der Waals surface area contributed by atoms with Crippen LogP contribution in [0.25, 0.3) is 6.08 Å². The highest BCUT2D eigenvalue weighted by Gasteiger charge is 2.29. The number of para-hydroxylation sites is 1. The van der Waals surface area contributed by atoms with Crippen molar-refractivity contribution in [3.8, 4) is 0 Å². The number of ether oxygens (including phenoxy) is 1. The molecular formula is C19H17NO3S.